The van der Waals surface area contributed by atoms with Crippen molar-refractivity contribution in [2.75, 3.05) is 7.05 Å². The number of nitrogens with one attached hydrogen (secondary N) is 1. The molecular weight excluding hydrogens is 225 g/mol. The summed E-state index contributed by atoms with van der Waals surface area (Å²) in [6.07, 6.45) is 0. The zero-order valence-corrected chi connectivity index (χ0v) is 9.31. The van der Waals surface area contributed by atoms with Crippen molar-refractivity contribution in [3.05, 3.63) is 41.8 Å². The minimum Gasteiger partial charge on any atom is -0.482 e. The lowest BCUT2D eigenvalue weighted by molar-refractivity contribution is 0.272. The molecule has 0 radical (unpaired) electrons. The highest BCUT2D eigenvalue weighted by Crippen LogP contribution is 2.16. The zero-order chi connectivity index (χ0) is 12.1. The van der Waals surface area contributed by atoms with Crippen LogP contribution in [0.5, 0.6) is 5.75 Å². The zero-order valence-electron chi connectivity index (χ0n) is 9.31. The summed E-state index contributed by atoms with van der Waals surface area (Å²) < 4.78 is 23.4. The second-order valence-corrected chi connectivity index (χ2v) is 3.35. The van der Waals surface area contributed by atoms with Crippen molar-refractivity contribution in [3.63, 3.8) is 0 Å². The smallest absolute Gasteiger partial charge is 0.240 e. The Morgan fingerprint density at radius 3 is 3.00 bits per heavy atom. The molecule has 1 heterocycles. The van der Waals surface area contributed by atoms with Crippen LogP contribution in [-0.4, -0.2) is 17.2 Å². The number of halogens is 1. The van der Waals surface area contributed by atoms with Gasteiger partial charge in [-0.2, -0.15) is 4.98 Å². The molecule has 17 heavy (non-hydrogen) atoms. The standard InChI is InChI=1S/C11H12FN3O2/c1-13-6-11-14-10(15-17-11)7-16-9-5-3-2-4-8(9)12/h2-5,13H,6-7H2,1H3. The molecule has 0 fully saturated rings. The molecule has 0 spiro atoms. The quantitative estimate of drug-likeness (QED) is 0.854. The van der Waals surface area contributed by atoms with Gasteiger partial charge >= 0.3 is 0 Å². The molecule has 1 aromatic heterocycles. The van der Waals surface area contributed by atoms with Crippen LogP contribution in [0.1, 0.15) is 11.7 Å². The van der Waals surface area contributed by atoms with Crippen molar-refractivity contribution < 1.29 is 13.7 Å². The van der Waals surface area contributed by atoms with E-state index >= 15 is 0 Å². The van der Waals surface area contributed by atoms with Gasteiger partial charge in [-0.3, -0.25) is 0 Å². The third-order valence-electron chi connectivity index (χ3n) is 2.03. The minimum atomic E-state index is -0.411. The third-order valence-corrected chi connectivity index (χ3v) is 2.03. The van der Waals surface area contributed by atoms with Crippen LogP contribution in [0.2, 0.25) is 0 Å². The van der Waals surface area contributed by atoms with Gasteiger partial charge in [-0.15, -0.1) is 0 Å². The van der Waals surface area contributed by atoms with Crippen LogP contribution in [0.4, 0.5) is 4.39 Å². The van der Waals surface area contributed by atoms with Gasteiger partial charge in [-0.05, 0) is 19.2 Å². The fraction of sp³-hybridized carbons (Fsp3) is 0.273. The van der Waals surface area contributed by atoms with Gasteiger partial charge in [-0.1, -0.05) is 17.3 Å². The van der Waals surface area contributed by atoms with Crippen LogP contribution in [0, 0.1) is 5.82 Å². The lowest BCUT2D eigenvalue weighted by atomic mass is 10.3. The molecule has 6 heteroatoms. The number of benzene rings is 1. The second kappa shape index (κ2) is 5.40. The number of hydrogen-bond acceptors (Lipinski definition) is 5. The van der Waals surface area contributed by atoms with Crippen molar-refractivity contribution in [3.8, 4) is 5.75 Å². The number of nitrogens with zero attached hydrogens (tertiary/aromatic N) is 2. The van der Waals surface area contributed by atoms with E-state index in [0.717, 1.165) is 0 Å². The Hall–Kier alpha value is -1.95. The van der Waals surface area contributed by atoms with Gasteiger partial charge < -0.3 is 14.6 Å². The van der Waals surface area contributed by atoms with Crippen molar-refractivity contribution in [2.45, 2.75) is 13.2 Å². The van der Waals surface area contributed by atoms with Gasteiger partial charge in [0, 0.05) is 0 Å². The Balaban J connectivity index is 1.95. The fourth-order valence-corrected chi connectivity index (χ4v) is 1.28. The van der Waals surface area contributed by atoms with Crippen molar-refractivity contribution in [1.82, 2.24) is 15.5 Å². The predicted molar refractivity (Wildman–Crippen MR) is 57.8 cm³/mol. The normalized spacial score (nSPS) is 10.5. The first-order valence-corrected chi connectivity index (χ1v) is 5.13. The Bertz CT molecular complexity index is 487. The molecule has 0 atom stereocenters. The predicted octanol–water partition coefficient (Wildman–Crippen LogP) is 1.51. The van der Waals surface area contributed by atoms with E-state index in [4.69, 9.17) is 9.26 Å². The van der Waals surface area contributed by atoms with E-state index in [1.54, 1.807) is 25.2 Å². The summed E-state index contributed by atoms with van der Waals surface area (Å²) in [5.74, 6) is 0.622. The summed E-state index contributed by atoms with van der Waals surface area (Å²) >= 11 is 0. The second-order valence-electron chi connectivity index (χ2n) is 3.35. The Morgan fingerprint density at radius 2 is 2.24 bits per heavy atom. The summed E-state index contributed by atoms with van der Waals surface area (Å²) in [6.45, 7) is 0.570. The van der Waals surface area contributed by atoms with E-state index in [1.165, 1.54) is 6.07 Å². The van der Waals surface area contributed by atoms with E-state index < -0.39 is 5.82 Å². The van der Waals surface area contributed by atoms with E-state index in [-0.39, 0.29) is 12.4 Å². The third kappa shape index (κ3) is 3.01. The molecule has 0 unspecified atom stereocenters. The lowest BCUT2D eigenvalue weighted by Gasteiger charge is -2.03. The molecule has 0 aliphatic carbocycles. The topological polar surface area (TPSA) is 60.2 Å². The van der Waals surface area contributed by atoms with Crippen LogP contribution in [0.3, 0.4) is 0 Å². The molecule has 0 bridgehead atoms. The van der Waals surface area contributed by atoms with E-state index in [0.29, 0.717) is 18.3 Å². The van der Waals surface area contributed by atoms with Crippen LogP contribution in [-0.2, 0) is 13.2 Å². The largest absolute Gasteiger partial charge is 0.482 e. The molecule has 0 aliphatic heterocycles. The van der Waals surface area contributed by atoms with E-state index in [9.17, 15) is 4.39 Å². The maximum Gasteiger partial charge on any atom is 0.240 e. The molecule has 0 amide bonds. The number of rotatable bonds is 5. The molecule has 1 aromatic carbocycles. The van der Waals surface area contributed by atoms with Gasteiger partial charge in [0.1, 0.15) is 0 Å². The number of ether oxygens (including phenoxy) is 1. The summed E-state index contributed by atoms with van der Waals surface area (Å²) in [6, 6.07) is 6.17. The first-order chi connectivity index (χ1) is 8.29. The van der Waals surface area contributed by atoms with Gasteiger partial charge in [0.2, 0.25) is 11.7 Å². The van der Waals surface area contributed by atoms with Gasteiger partial charge in [0.25, 0.3) is 0 Å². The SMILES string of the molecule is CNCc1nc(COc2ccccc2F)no1. The molecule has 0 saturated heterocycles. The number of hydrogen-bond donors (Lipinski definition) is 1. The first-order valence-electron chi connectivity index (χ1n) is 5.13. The van der Waals surface area contributed by atoms with Crippen molar-refractivity contribution >= 4 is 0 Å². The van der Waals surface area contributed by atoms with Gasteiger partial charge in [-0.25, -0.2) is 4.39 Å². The van der Waals surface area contributed by atoms with Crippen molar-refractivity contribution in [1.29, 1.82) is 0 Å². The van der Waals surface area contributed by atoms with Crippen LogP contribution < -0.4 is 10.1 Å². The molecule has 0 saturated carbocycles. The number of para-hydroxylation sites is 1. The molecule has 2 aromatic rings. The summed E-state index contributed by atoms with van der Waals surface area (Å²) in [5, 5.41) is 6.59. The summed E-state index contributed by atoms with van der Waals surface area (Å²) in [4.78, 5) is 4.06. The maximum atomic E-state index is 13.2. The highest BCUT2D eigenvalue weighted by Gasteiger charge is 2.07. The highest BCUT2D eigenvalue weighted by atomic mass is 19.1. The number of aromatic nitrogens is 2. The Morgan fingerprint density at radius 1 is 1.41 bits per heavy atom. The summed E-state index contributed by atoms with van der Waals surface area (Å²) in [7, 11) is 1.78. The average Bonchev–Trinajstić information content (AvgIpc) is 2.76. The van der Waals surface area contributed by atoms with E-state index in [2.05, 4.69) is 15.5 Å². The van der Waals surface area contributed by atoms with Crippen molar-refractivity contribution in [2.24, 2.45) is 0 Å². The molecule has 5 nitrogen and oxygen atoms in total. The fourth-order valence-electron chi connectivity index (χ4n) is 1.28. The highest BCUT2D eigenvalue weighted by molar-refractivity contribution is 5.23. The molecule has 1 N–H and O–H groups in total. The maximum absolute atomic E-state index is 13.2. The summed E-state index contributed by atoms with van der Waals surface area (Å²) in [5.41, 5.74) is 0. The Kier molecular flexibility index (Phi) is 3.66. The average molecular weight is 237 g/mol. The van der Waals surface area contributed by atoms with E-state index in [1.807, 2.05) is 0 Å². The minimum absolute atomic E-state index is 0.0775. The van der Waals surface area contributed by atoms with Gasteiger partial charge in [0.15, 0.2) is 18.2 Å². The van der Waals surface area contributed by atoms with Crippen LogP contribution in [0.15, 0.2) is 28.8 Å². The lowest BCUT2D eigenvalue weighted by Crippen LogP contribution is -2.05. The Labute approximate surface area is 97.6 Å². The van der Waals surface area contributed by atoms with Crippen LogP contribution in [0.25, 0.3) is 0 Å². The monoisotopic (exact) mass is 237 g/mol. The van der Waals surface area contributed by atoms with Gasteiger partial charge in [0.05, 0.1) is 6.54 Å². The van der Waals surface area contributed by atoms with Crippen LogP contribution >= 0.6 is 0 Å². The molecule has 2 rings (SSSR count). The molecule has 0 aliphatic rings. The first kappa shape index (κ1) is 11.5. The molecule has 90 valence electrons. The molecular formula is C11H12FN3O2.